The summed E-state index contributed by atoms with van der Waals surface area (Å²) in [6.07, 6.45) is 0. The summed E-state index contributed by atoms with van der Waals surface area (Å²) in [6.45, 7) is 0. The minimum Gasteiger partial charge on any atom is -0.497 e. The van der Waals surface area contributed by atoms with Gasteiger partial charge in [0.1, 0.15) is 10.6 Å². The van der Waals surface area contributed by atoms with Crippen molar-refractivity contribution in [1.82, 2.24) is 0 Å². The second-order valence-corrected chi connectivity index (χ2v) is 5.25. The van der Waals surface area contributed by atoms with Crippen molar-refractivity contribution in [3.05, 3.63) is 54.6 Å². The third kappa shape index (κ3) is 3.55. The van der Waals surface area contributed by atoms with Gasteiger partial charge in [0.25, 0.3) is 0 Å². The smallest absolute Gasteiger partial charge is 0.359 e. The van der Waals surface area contributed by atoms with Crippen LogP contribution in [0, 0.1) is 0 Å². The Hall–Kier alpha value is -2.41. The van der Waals surface area contributed by atoms with Gasteiger partial charge < -0.3 is 4.74 Å². The van der Waals surface area contributed by atoms with E-state index in [1.165, 1.54) is 12.1 Å². The maximum absolute atomic E-state index is 11.7. The van der Waals surface area contributed by atoms with Crippen LogP contribution < -0.4 is 4.74 Å². The van der Waals surface area contributed by atoms with Gasteiger partial charge in [0.15, 0.2) is 0 Å². The van der Waals surface area contributed by atoms with Crippen LogP contribution in [0.4, 0.5) is 5.69 Å². The van der Waals surface area contributed by atoms with Crippen molar-refractivity contribution < 1.29 is 17.4 Å². The second-order valence-electron chi connectivity index (χ2n) is 3.72. The summed E-state index contributed by atoms with van der Waals surface area (Å²) < 4.78 is 32.9. The molecule has 0 fully saturated rings. The van der Waals surface area contributed by atoms with Gasteiger partial charge in [-0.3, -0.25) is 0 Å². The van der Waals surface area contributed by atoms with Crippen molar-refractivity contribution in [1.29, 1.82) is 0 Å². The van der Waals surface area contributed by atoms with Crippen LogP contribution >= 0.6 is 0 Å². The summed E-state index contributed by atoms with van der Waals surface area (Å²) in [7, 11) is -2.38. The van der Waals surface area contributed by atoms with E-state index in [1.807, 2.05) is 0 Å². The Balaban J connectivity index is 2.05. The summed E-state index contributed by atoms with van der Waals surface area (Å²) in [5, 5.41) is 6.90. The van der Waals surface area contributed by atoms with Crippen molar-refractivity contribution >= 4 is 15.8 Å². The number of hydrogen-bond acceptors (Lipinski definition) is 6. The van der Waals surface area contributed by atoms with Crippen LogP contribution in [0.2, 0.25) is 0 Å². The lowest BCUT2D eigenvalue weighted by Crippen LogP contribution is -2.01. The van der Waals surface area contributed by atoms with Crippen LogP contribution in [0.5, 0.6) is 5.75 Å². The molecule has 0 radical (unpaired) electrons. The third-order valence-electron chi connectivity index (χ3n) is 2.39. The molecule has 2 aromatic carbocycles. The topological polar surface area (TPSA) is 77.3 Å². The Labute approximate surface area is 116 Å². The van der Waals surface area contributed by atoms with Crippen molar-refractivity contribution in [2.24, 2.45) is 10.4 Å². The maximum atomic E-state index is 11.7. The number of rotatable bonds is 5. The quantitative estimate of drug-likeness (QED) is 0.626. The monoisotopic (exact) mass is 292 g/mol. The Morgan fingerprint density at radius 3 is 2.20 bits per heavy atom. The second kappa shape index (κ2) is 6.16. The largest absolute Gasteiger partial charge is 0.497 e. The van der Waals surface area contributed by atoms with Gasteiger partial charge in [-0.25, -0.2) is 4.28 Å². The predicted octanol–water partition coefficient (Wildman–Crippen LogP) is 3.10. The summed E-state index contributed by atoms with van der Waals surface area (Å²) in [5.41, 5.74) is 0.453. The zero-order chi connectivity index (χ0) is 14.4. The third-order valence-corrected chi connectivity index (χ3v) is 3.50. The number of methoxy groups -OCH3 is 1. The molecule has 20 heavy (non-hydrogen) atoms. The number of hydrogen-bond donors (Lipinski definition) is 0. The minimum absolute atomic E-state index is 0.0219. The van der Waals surface area contributed by atoms with Crippen molar-refractivity contribution in [3.8, 4) is 5.75 Å². The molecule has 0 unspecified atom stereocenters. The highest BCUT2D eigenvalue weighted by Crippen LogP contribution is 2.19. The Kier molecular flexibility index (Phi) is 4.31. The number of ether oxygens (including phenoxy) is 1. The molecule has 104 valence electrons. The van der Waals surface area contributed by atoms with E-state index in [0.29, 0.717) is 11.4 Å². The molecule has 2 rings (SSSR count). The van der Waals surface area contributed by atoms with E-state index in [-0.39, 0.29) is 4.90 Å². The SMILES string of the molecule is COc1ccc(N=NOS(=O)(=O)c2ccccc2)cc1. The van der Waals surface area contributed by atoms with Gasteiger partial charge in [-0.05, 0) is 36.4 Å². The van der Waals surface area contributed by atoms with E-state index >= 15 is 0 Å². The first kappa shape index (κ1) is 14.0. The van der Waals surface area contributed by atoms with Gasteiger partial charge in [0, 0.05) is 5.28 Å². The van der Waals surface area contributed by atoms with Crippen LogP contribution in [0.1, 0.15) is 0 Å². The molecule has 0 saturated carbocycles. The highest BCUT2D eigenvalue weighted by molar-refractivity contribution is 7.86. The molecule has 7 heteroatoms. The van der Waals surface area contributed by atoms with Gasteiger partial charge in [0.05, 0.1) is 12.8 Å². The average Bonchev–Trinajstić information content (AvgIpc) is 2.49. The molecule has 2 aromatic rings. The van der Waals surface area contributed by atoms with Gasteiger partial charge in [-0.15, -0.1) is 5.11 Å². The molecule has 0 heterocycles. The zero-order valence-electron chi connectivity index (χ0n) is 10.6. The molecular weight excluding hydrogens is 280 g/mol. The molecule has 0 saturated heterocycles. The summed E-state index contributed by atoms with van der Waals surface area (Å²) in [4.78, 5) is 0.0219. The lowest BCUT2D eigenvalue weighted by Gasteiger charge is -2.00. The van der Waals surface area contributed by atoms with Crippen LogP contribution in [0.15, 0.2) is 69.9 Å². The van der Waals surface area contributed by atoms with Gasteiger partial charge in [-0.2, -0.15) is 8.42 Å². The van der Waals surface area contributed by atoms with E-state index in [1.54, 1.807) is 49.6 Å². The van der Waals surface area contributed by atoms with E-state index in [9.17, 15) is 8.42 Å². The first-order valence-electron chi connectivity index (χ1n) is 5.65. The van der Waals surface area contributed by atoms with Crippen LogP contribution in [-0.2, 0) is 14.4 Å². The van der Waals surface area contributed by atoms with E-state index in [2.05, 4.69) is 14.7 Å². The zero-order valence-corrected chi connectivity index (χ0v) is 11.4. The minimum atomic E-state index is -3.93. The number of benzene rings is 2. The molecule has 0 aliphatic rings. The van der Waals surface area contributed by atoms with Gasteiger partial charge >= 0.3 is 10.1 Å². The Morgan fingerprint density at radius 1 is 0.950 bits per heavy atom. The molecule has 0 atom stereocenters. The highest BCUT2D eigenvalue weighted by Gasteiger charge is 2.14. The Bertz CT molecular complexity index is 682. The van der Waals surface area contributed by atoms with Crippen LogP contribution in [-0.4, -0.2) is 15.5 Å². The van der Waals surface area contributed by atoms with Crippen molar-refractivity contribution in [3.63, 3.8) is 0 Å². The predicted molar refractivity (Wildman–Crippen MR) is 72.2 cm³/mol. The van der Waals surface area contributed by atoms with Crippen LogP contribution in [0.3, 0.4) is 0 Å². The fraction of sp³-hybridized carbons (Fsp3) is 0.0769. The fourth-order valence-electron chi connectivity index (χ4n) is 1.39. The summed E-state index contributed by atoms with van der Waals surface area (Å²) in [6, 6.07) is 14.3. The lowest BCUT2D eigenvalue weighted by atomic mass is 10.3. The highest BCUT2D eigenvalue weighted by atomic mass is 32.2. The van der Waals surface area contributed by atoms with E-state index in [4.69, 9.17) is 4.74 Å². The molecular formula is C13H12N2O4S. The van der Waals surface area contributed by atoms with E-state index < -0.39 is 10.1 Å². The average molecular weight is 292 g/mol. The summed E-state index contributed by atoms with van der Waals surface area (Å²) in [5.74, 6) is 0.668. The maximum Gasteiger partial charge on any atom is 0.359 e. The first-order valence-corrected chi connectivity index (χ1v) is 7.06. The van der Waals surface area contributed by atoms with Crippen molar-refractivity contribution in [2.45, 2.75) is 4.90 Å². The molecule has 0 amide bonds. The number of nitrogens with zero attached hydrogens (tertiary/aromatic N) is 2. The standard InChI is InChI=1S/C13H12N2O4S/c1-18-12-9-7-11(8-10-12)14-15-19-20(16,17)13-5-3-2-4-6-13/h2-10H,1H3. The van der Waals surface area contributed by atoms with Gasteiger partial charge in [0.2, 0.25) is 0 Å². The molecule has 6 nitrogen and oxygen atoms in total. The molecule has 0 bridgehead atoms. The molecule has 0 spiro atoms. The summed E-state index contributed by atoms with van der Waals surface area (Å²) >= 11 is 0. The fourth-order valence-corrected chi connectivity index (χ4v) is 2.08. The van der Waals surface area contributed by atoms with Gasteiger partial charge in [-0.1, -0.05) is 18.2 Å². The van der Waals surface area contributed by atoms with E-state index in [0.717, 1.165) is 0 Å². The van der Waals surface area contributed by atoms with Crippen molar-refractivity contribution in [2.75, 3.05) is 7.11 Å². The normalized spacial score (nSPS) is 11.4. The Morgan fingerprint density at radius 2 is 1.60 bits per heavy atom. The molecule has 0 N–H and O–H groups in total. The molecule has 0 aliphatic heterocycles. The lowest BCUT2D eigenvalue weighted by molar-refractivity contribution is 0.314. The molecule has 0 aromatic heterocycles. The molecule has 0 aliphatic carbocycles. The van der Waals surface area contributed by atoms with Crippen LogP contribution in [0.25, 0.3) is 0 Å². The first-order chi connectivity index (χ1) is 9.62.